The van der Waals surface area contributed by atoms with Crippen LogP contribution in [-0.2, 0) is 0 Å². The standard InChI is InChI=1S/C14H21ClN4/c1-2-5-19(14-13(15)8-16-9-17-14)12-6-10-3-4-11(7-12)18-10/h8-12,18H,2-7H2,1H3. The maximum atomic E-state index is 6.28. The first-order valence-electron chi connectivity index (χ1n) is 7.26. The molecule has 0 spiro atoms. The van der Waals surface area contributed by atoms with E-state index in [4.69, 9.17) is 11.6 Å². The summed E-state index contributed by atoms with van der Waals surface area (Å²) in [5.41, 5.74) is 0. The molecule has 5 heteroatoms. The number of halogens is 1. The van der Waals surface area contributed by atoms with Crippen molar-refractivity contribution in [1.29, 1.82) is 0 Å². The molecule has 3 rings (SSSR count). The molecule has 104 valence electrons. The van der Waals surface area contributed by atoms with Gasteiger partial charge in [0.05, 0.1) is 6.20 Å². The third-order valence-corrected chi connectivity index (χ3v) is 4.54. The van der Waals surface area contributed by atoms with Crippen molar-refractivity contribution in [1.82, 2.24) is 15.3 Å². The van der Waals surface area contributed by atoms with Gasteiger partial charge in [-0.05, 0) is 32.1 Å². The van der Waals surface area contributed by atoms with E-state index in [-0.39, 0.29) is 0 Å². The minimum absolute atomic E-state index is 0.561. The number of nitrogens with zero attached hydrogens (tertiary/aromatic N) is 3. The van der Waals surface area contributed by atoms with E-state index >= 15 is 0 Å². The quantitative estimate of drug-likeness (QED) is 0.921. The molecule has 19 heavy (non-hydrogen) atoms. The van der Waals surface area contributed by atoms with Gasteiger partial charge in [-0.1, -0.05) is 18.5 Å². The normalized spacial score (nSPS) is 29.5. The van der Waals surface area contributed by atoms with Crippen molar-refractivity contribution in [3.8, 4) is 0 Å². The first kappa shape index (κ1) is 13.1. The Bertz CT molecular complexity index is 427. The lowest BCUT2D eigenvalue weighted by atomic mass is 9.98. The molecular formula is C14H21ClN4. The Labute approximate surface area is 119 Å². The van der Waals surface area contributed by atoms with E-state index in [2.05, 4.69) is 27.1 Å². The first-order chi connectivity index (χ1) is 9.28. The van der Waals surface area contributed by atoms with Crippen LogP contribution in [0.2, 0.25) is 5.02 Å². The number of piperidine rings is 1. The van der Waals surface area contributed by atoms with Crippen molar-refractivity contribution in [2.24, 2.45) is 0 Å². The molecule has 0 aromatic carbocycles. The fourth-order valence-corrected chi connectivity index (χ4v) is 3.72. The van der Waals surface area contributed by atoms with Gasteiger partial charge in [0.2, 0.25) is 0 Å². The van der Waals surface area contributed by atoms with Crippen LogP contribution in [0, 0.1) is 0 Å². The Morgan fingerprint density at radius 1 is 1.37 bits per heavy atom. The number of rotatable bonds is 4. The summed E-state index contributed by atoms with van der Waals surface area (Å²) in [6.07, 6.45) is 9.45. The second-order valence-corrected chi connectivity index (χ2v) is 6.06. The maximum Gasteiger partial charge on any atom is 0.151 e. The van der Waals surface area contributed by atoms with Crippen molar-refractivity contribution >= 4 is 17.4 Å². The number of aromatic nitrogens is 2. The van der Waals surface area contributed by atoms with Crippen molar-refractivity contribution in [3.05, 3.63) is 17.5 Å². The summed E-state index contributed by atoms with van der Waals surface area (Å²) in [5, 5.41) is 4.36. The lowest BCUT2D eigenvalue weighted by Crippen LogP contribution is -2.49. The summed E-state index contributed by atoms with van der Waals surface area (Å²) in [6, 6.07) is 1.93. The van der Waals surface area contributed by atoms with E-state index in [1.54, 1.807) is 12.5 Å². The smallest absolute Gasteiger partial charge is 0.151 e. The average molecular weight is 281 g/mol. The fraction of sp³-hybridized carbons (Fsp3) is 0.714. The second kappa shape index (κ2) is 5.63. The van der Waals surface area contributed by atoms with Crippen LogP contribution in [0.1, 0.15) is 39.0 Å². The molecule has 2 saturated heterocycles. The number of hydrogen-bond donors (Lipinski definition) is 1. The van der Waals surface area contributed by atoms with Crippen LogP contribution in [0.25, 0.3) is 0 Å². The van der Waals surface area contributed by atoms with Gasteiger partial charge in [0.15, 0.2) is 5.82 Å². The monoisotopic (exact) mass is 280 g/mol. The third kappa shape index (κ3) is 2.70. The van der Waals surface area contributed by atoms with E-state index in [0.717, 1.165) is 18.8 Å². The molecule has 1 N–H and O–H groups in total. The molecule has 0 saturated carbocycles. The molecule has 0 radical (unpaired) electrons. The highest BCUT2D eigenvalue weighted by atomic mass is 35.5. The molecule has 4 nitrogen and oxygen atoms in total. The van der Waals surface area contributed by atoms with Gasteiger partial charge in [-0.2, -0.15) is 0 Å². The summed E-state index contributed by atoms with van der Waals surface area (Å²) in [4.78, 5) is 10.8. The van der Waals surface area contributed by atoms with Gasteiger partial charge in [0, 0.05) is 24.7 Å². The van der Waals surface area contributed by atoms with E-state index in [0.29, 0.717) is 23.1 Å². The Balaban J connectivity index is 1.83. The highest BCUT2D eigenvalue weighted by Gasteiger charge is 2.36. The van der Waals surface area contributed by atoms with Gasteiger partial charge in [-0.15, -0.1) is 0 Å². The van der Waals surface area contributed by atoms with Crippen LogP contribution in [-0.4, -0.2) is 34.6 Å². The number of nitrogens with one attached hydrogen (secondary N) is 1. The Morgan fingerprint density at radius 2 is 2.11 bits per heavy atom. The minimum atomic E-state index is 0.561. The Kier molecular flexibility index (Phi) is 3.89. The molecule has 0 aliphatic carbocycles. The summed E-state index contributed by atoms with van der Waals surface area (Å²) in [7, 11) is 0. The van der Waals surface area contributed by atoms with Crippen LogP contribution in [0.3, 0.4) is 0 Å². The van der Waals surface area contributed by atoms with Crippen molar-refractivity contribution in [3.63, 3.8) is 0 Å². The maximum absolute atomic E-state index is 6.28. The highest BCUT2D eigenvalue weighted by molar-refractivity contribution is 6.32. The molecule has 2 fully saturated rings. The Morgan fingerprint density at radius 3 is 2.74 bits per heavy atom. The molecule has 2 bridgehead atoms. The third-order valence-electron chi connectivity index (χ3n) is 4.27. The molecule has 2 unspecified atom stereocenters. The molecule has 1 aromatic heterocycles. The zero-order valence-corrected chi connectivity index (χ0v) is 12.1. The van der Waals surface area contributed by atoms with Crippen LogP contribution >= 0.6 is 11.6 Å². The van der Waals surface area contributed by atoms with Crippen molar-refractivity contribution in [2.75, 3.05) is 11.4 Å². The molecule has 2 atom stereocenters. The SMILES string of the molecule is CCCN(c1ncncc1Cl)C1CC2CCC(C1)N2. The van der Waals surface area contributed by atoms with Crippen molar-refractivity contribution < 1.29 is 0 Å². The molecule has 2 aliphatic rings. The van der Waals surface area contributed by atoms with Gasteiger partial charge >= 0.3 is 0 Å². The van der Waals surface area contributed by atoms with Crippen molar-refractivity contribution in [2.45, 2.75) is 57.2 Å². The molecule has 1 aromatic rings. The predicted molar refractivity (Wildman–Crippen MR) is 77.6 cm³/mol. The first-order valence-corrected chi connectivity index (χ1v) is 7.64. The molecule has 0 amide bonds. The van der Waals surface area contributed by atoms with Gasteiger partial charge in [-0.25, -0.2) is 9.97 Å². The largest absolute Gasteiger partial charge is 0.352 e. The van der Waals surface area contributed by atoms with Gasteiger partial charge in [0.1, 0.15) is 11.3 Å². The molecule has 3 heterocycles. The van der Waals surface area contributed by atoms with E-state index in [1.807, 2.05) is 0 Å². The predicted octanol–water partition coefficient (Wildman–Crippen LogP) is 2.63. The second-order valence-electron chi connectivity index (χ2n) is 5.65. The van der Waals surface area contributed by atoms with Gasteiger partial charge in [0.25, 0.3) is 0 Å². The highest BCUT2D eigenvalue weighted by Crippen LogP contribution is 2.33. The lowest BCUT2D eigenvalue weighted by Gasteiger charge is -2.38. The van der Waals surface area contributed by atoms with E-state index < -0.39 is 0 Å². The van der Waals surface area contributed by atoms with Gasteiger partial charge in [-0.3, -0.25) is 0 Å². The Hall–Kier alpha value is -0.870. The number of hydrogen-bond acceptors (Lipinski definition) is 4. The van der Waals surface area contributed by atoms with Crippen LogP contribution in [0.4, 0.5) is 5.82 Å². The molecule has 2 aliphatic heterocycles. The lowest BCUT2D eigenvalue weighted by molar-refractivity contribution is 0.345. The summed E-state index contributed by atoms with van der Waals surface area (Å²) in [5.74, 6) is 0.907. The topological polar surface area (TPSA) is 41.1 Å². The average Bonchev–Trinajstić information content (AvgIpc) is 2.76. The number of fused-ring (bicyclic) bond motifs is 2. The van der Waals surface area contributed by atoms with Crippen LogP contribution in [0.5, 0.6) is 0 Å². The summed E-state index contributed by atoms with van der Waals surface area (Å²) < 4.78 is 0. The summed E-state index contributed by atoms with van der Waals surface area (Å²) >= 11 is 6.28. The van der Waals surface area contributed by atoms with Crippen LogP contribution in [0.15, 0.2) is 12.5 Å². The zero-order chi connectivity index (χ0) is 13.2. The number of anilines is 1. The van der Waals surface area contributed by atoms with Crippen LogP contribution < -0.4 is 10.2 Å². The van der Waals surface area contributed by atoms with E-state index in [9.17, 15) is 0 Å². The zero-order valence-electron chi connectivity index (χ0n) is 11.3. The minimum Gasteiger partial charge on any atom is -0.352 e. The molecular weight excluding hydrogens is 260 g/mol. The van der Waals surface area contributed by atoms with Gasteiger partial charge < -0.3 is 10.2 Å². The fourth-order valence-electron chi connectivity index (χ4n) is 3.50. The summed E-state index contributed by atoms with van der Waals surface area (Å²) in [6.45, 7) is 3.22. The van der Waals surface area contributed by atoms with E-state index in [1.165, 1.54) is 25.7 Å².